The molecule has 1 unspecified atom stereocenters. The normalized spacial score (nSPS) is 26.4. The van der Waals surface area contributed by atoms with Crippen LogP contribution in [0.3, 0.4) is 0 Å². The van der Waals surface area contributed by atoms with Gasteiger partial charge >= 0.3 is 18.0 Å². The molecule has 2 aromatic carbocycles. The predicted molar refractivity (Wildman–Crippen MR) is 175 cm³/mol. The largest absolute Gasteiger partial charge is 0.458 e. The van der Waals surface area contributed by atoms with Crippen LogP contribution >= 0.6 is 0 Å². The van der Waals surface area contributed by atoms with Crippen molar-refractivity contribution in [3.63, 3.8) is 0 Å². The molecule has 264 valence electrons. The van der Waals surface area contributed by atoms with E-state index in [0.29, 0.717) is 6.42 Å². The lowest BCUT2D eigenvalue weighted by molar-refractivity contribution is -0.263. The molecule has 1 heterocycles. The topological polar surface area (TPSA) is 247 Å². The average Bonchev–Trinajstić information content (AvgIpc) is 3.10. The number of hydrogen-bond acceptors (Lipinski definition) is 11. The second kappa shape index (κ2) is 18.3. The summed E-state index contributed by atoms with van der Waals surface area (Å²) >= 11 is 0. The van der Waals surface area contributed by atoms with E-state index >= 15 is 0 Å². The highest BCUT2D eigenvalue weighted by atomic mass is 16.7. The van der Waals surface area contributed by atoms with E-state index in [0.717, 1.165) is 25.0 Å². The molecule has 18 heteroatoms. The third kappa shape index (κ3) is 10.0. The quantitative estimate of drug-likeness (QED) is 0.0745. The van der Waals surface area contributed by atoms with E-state index in [9.17, 15) is 31.0 Å². The van der Waals surface area contributed by atoms with Crippen molar-refractivity contribution in [2.45, 2.75) is 108 Å². The van der Waals surface area contributed by atoms with Gasteiger partial charge < -0.3 is 23.7 Å². The molecule has 2 aromatic rings. The van der Waals surface area contributed by atoms with Gasteiger partial charge in [0.05, 0.1) is 30.3 Å². The molecule has 4 rings (SSSR count). The molecule has 1 aliphatic heterocycles. The fraction of sp³-hybridized carbons (Fsp3) is 0.531. The molecule has 0 spiro atoms. The zero-order chi connectivity index (χ0) is 36.0. The number of carbonyl (C=O) groups excluding carboxylic acids is 3. The van der Waals surface area contributed by atoms with Crippen molar-refractivity contribution in [3.05, 3.63) is 103 Å². The highest BCUT2D eigenvalue weighted by Crippen LogP contribution is 2.36. The van der Waals surface area contributed by atoms with Crippen molar-refractivity contribution in [2.75, 3.05) is 0 Å². The summed E-state index contributed by atoms with van der Waals surface area (Å²) in [5.74, 6) is -1.53. The maximum Gasteiger partial charge on any atom is 0.410 e. The maximum absolute atomic E-state index is 13.6. The first-order chi connectivity index (χ1) is 24.1. The smallest absolute Gasteiger partial charge is 0.410 e. The molecule has 2 aliphatic rings. The molecular weight excluding hydrogens is 652 g/mol. The number of benzene rings is 2. The van der Waals surface area contributed by atoms with E-state index in [1.165, 1.54) is 0 Å². The van der Waals surface area contributed by atoms with E-state index in [1.807, 2.05) is 60.7 Å². The van der Waals surface area contributed by atoms with Crippen LogP contribution in [0.15, 0.2) is 76.0 Å². The van der Waals surface area contributed by atoms with Crippen LogP contribution in [0.25, 0.3) is 31.3 Å². The van der Waals surface area contributed by atoms with Crippen molar-refractivity contribution in [1.82, 2.24) is 4.90 Å². The lowest BCUT2D eigenvalue weighted by Gasteiger charge is -2.46. The Morgan fingerprint density at radius 1 is 0.800 bits per heavy atom. The first kappa shape index (κ1) is 37.3. The Labute approximate surface area is 287 Å². The van der Waals surface area contributed by atoms with Crippen LogP contribution in [0.5, 0.6) is 0 Å². The number of rotatable bonds is 13. The Balaban J connectivity index is 1.64. The molecule has 1 aliphatic carbocycles. The molecule has 50 heavy (non-hydrogen) atoms. The van der Waals surface area contributed by atoms with Gasteiger partial charge in [-0.25, -0.2) is 4.79 Å². The van der Waals surface area contributed by atoms with Crippen molar-refractivity contribution in [1.29, 1.82) is 0 Å². The number of carbonyl (C=O) groups is 3. The Morgan fingerprint density at radius 2 is 1.34 bits per heavy atom. The van der Waals surface area contributed by atoms with Crippen LogP contribution in [-0.4, -0.2) is 77.8 Å². The molecule has 0 bridgehead atoms. The fourth-order valence-corrected chi connectivity index (χ4v) is 6.10. The van der Waals surface area contributed by atoms with E-state index in [-0.39, 0.29) is 26.0 Å². The van der Waals surface area contributed by atoms with Crippen molar-refractivity contribution >= 4 is 18.0 Å². The van der Waals surface area contributed by atoms with Gasteiger partial charge in [0.2, 0.25) is 0 Å². The summed E-state index contributed by atoms with van der Waals surface area (Å²) in [5, 5.41) is 11.4. The van der Waals surface area contributed by atoms with Gasteiger partial charge in [-0.1, -0.05) is 76.0 Å². The van der Waals surface area contributed by atoms with Crippen molar-refractivity contribution in [3.8, 4) is 0 Å². The predicted octanol–water partition coefficient (Wildman–Crippen LogP) is 6.41. The summed E-state index contributed by atoms with van der Waals surface area (Å²) in [6.45, 7) is 4.30. The van der Waals surface area contributed by atoms with Crippen molar-refractivity contribution in [2.24, 2.45) is 15.3 Å². The third-order valence-corrected chi connectivity index (χ3v) is 8.42. The molecule has 1 saturated heterocycles. The Kier molecular flexibility index (Phi) is 13.7. The van der Waals surface area contributed by atoms with Crippen LogP contribution in [0.2, 0.25) is 0 Å². The van der Waals surface area contributed by atoms with Gasteiger partial charge in [0.25, 0.3) is 0 Å². The fourth-order valence-electron chi connectivity index (χ4n) is 6.10. The number of nitrogens with zero attached hydrogens (tertiary/aromatic N) is 10. The van der Waals surface area contributed by atoms with Gasteiger partial charge in [-0.2, -0.15) is 0 Å². The molecule has 0 radical (unpaired) electrons. The zero-order valence-electron chi connectivity index (χ0n) is 27.7. The molecule has 0 N–H and O–H groups in total. The van der Waals surface area contributed by atoms with E-state index in [2.05, 4.69) is 30.1 Å². The monoisotopic (exact) mass is 690 g/mol. The molecule has 9 atom stereocenters. The number of esters is 2. The summed E-state index contributed by atoms with van der Waals surface area (Å²) in [7, 11) is 0. The number of azide groups is 3. The minimum absolute atomic E-state index is 0.0499. The summed E-state index contributed by atoms with van der Waals surface area (Å²) in [6, 6.07) is 14.9. The standard InChI is InChI=1S/C32H38N10O8/c1-19(42(17-22-10-6-4-7-11-22)32(45)46-18-23-12-8-5-9-13-23)27-15-14-24(36-39-33)31(49-27)50-29-26(38-41-35)16-25(37-40-34)28(47-20(2)43)30(29)48-21(3)44/h4-13,19,24-31H,14-18H2,1-3H3/t19-,24?,25-,26+,27+,28+,29-,30-,31-/m1/s1. The van der Waals surface area contributed by atoms with Crippen LogP contribution in [-0.2, 0) is 46.4 Å². The second-order valence-electron chi connectivity index (χ2n) is 11.8. The highest BCUT2D eigenvalue weighted by Gasteiger charge is 2.51. The van der Waals surface area contributed by atoms with Gasteiger partial charge in [-0.15, -0.1) is 0 Å². The number of amides is 1. The third-order valence-electron chi connectivity index (χ3n) is 8.42. The minimum atomic E-state index is -1.41. The minimum Gasteiger partial charge on any atom is -0.458 e. The zero-order valence-corrected chi connectivity index (χ0v) is 27.7. The van der Waals surface area contributed by atoms with E-state index in [4.69, 9.17) is 23.7 Å². The molecular formula is C32H38N10O8. The van der Waals surface area contributed by atoms with Gasteiger partial charge in [-0.05, 0) is 53.9 Å². The summed E-state index contributed by atoms with van der Waals surface area (Å²) < 4.78 is 29.5. The Morgan fingerprint density at radius 3 is 1.92 bits per heavy atom. The molecule has 18 nitrogen and oxygen atoms in total. The summed E-state index contributed by atoms with van der Waals surface area (Å²) in [4.78, 5) is 48.2. The highest BCUT2D eigenvalue weighted by molar-refractivity contribution is 5.68. The molecule has 2 fully saturated rings. The summed E-state index contributed by atoms with van der Waals surface area (Å²) in [6.07, 6.45) is -6.07. The lowest BCUT2D eigenvalue weighted by Crippen LogP contribution is -2.60. The van der Waals surface area contributed by atoms with Gasteiger partial charge in [0.15, 0.2) is 12.4 Å². The summed E-state index contributed by atoms with van der Waals surface area (Å²) in [5.41, 5.74) is 29.6. The van der Waals surface area contributed by atoms with Gasteiger partial charge in [-0.3, -0.25) is 14.5 Å². The first-order valence-electron chi connectivity index (χ1n) is 15.9. The number of hydrogen-bond donors (Lipinski definition) is 0. The second-order valence-corrected chi connectivity index (χ2v) is 11.8. The van der Waals surface area contributed by atoms with Crippen molar-refractivity contribution < 1.29 is 38.1 Å². The Bertz CT molecular complexity index is 1620. The molecule has 0 aromatic heterocycles. The molecule has 1 saturated carbocycles. The van der Waals surface area contributed by atoms with E-state index < -0.39 is 72.9 Å². The van der Waals surface area contributed by atoms with Gasteiger partial charge in [0, 0.05) is 35.1 Å². The van der Waals surface area contributed by atoms with Gasteiger partial charge in [0.1, 0.15) is 18.8 Å². The first-order valence-corrected chi connectivity index (χ1v) is 15.9. The van der Waals surface area contributed by atoms with Crippen LogP contribution in [0, 0.1) is 0 Å². The van der Waals surface area contributed by atoms with Crippen LogP contribution < -0.4 is 0 Å². The van der Waals surface area contributed by atoms with Crippen LogP contribution in [0.4, 0.5) is 4.79 Å². The average molecular weight is 691 g/mol. The molecule has 1 amide bonds. The maximum atomic E-state index is 13.6. The Hall–Kier alpha value is -5.50. The van der Waals surface area contributed by atoms with E-state index in [1.54, 1.807) is 11.8 Å². The van der Waals surface area contributed by atoms with Crippen LogP contribution in [0.1, 0.15) is 51.2 Å². The SMILES string of the molecule is CC(=O)O[C@@H]1[C@@H](OC(C)=O)[C@H](N=[N+]=[N-])C[C@H](N=[N+]=[N-])[C@H]1O[C@H]1O[C@H]([C@@H](C)N(Cc2ccccc2)C(=O)OCc2ccccc2)CCC1N=[N+]=[N-]. The lowest BCUT2D eigenvalue weighted by atomic mass is 9.84. The number of ether oxygens (including phenoxy) is 5.